The van der Waals surface area contributed by atoms with Crippen LogP contribution in [0.2, 0.25) is 0 Å². The van der Waals surface area contributed by atoms with Gasteiger partial charge in [0.05, 0.1) is 19.3 Å². The Hall–Kier alpha value is -1.75. The molecule has 1 aromatic rings. The summed E-state index contributed by atoms with van der Waals surface area (Å²) < 4.78 is 10.3. The molecule has 0 aliphatic heterocycles. The average molecular weight is 306 g/mol. The summed E-state index contributed by atoms with van der Waals surface area (Å²) in [6.07, 6.45) is 5.06. The Morgan fingerprint density at radius 2 is 1.91 bits per heavy atom. The fraction of sp³-hybridized carbons (Fsp3) is 0.588. The Kier molecular flexibility index (Phi) is 5.66. The molecule has 1 aliphatic rings. The fourth-order valence-electron chi connectivity index (χ4n) is 3.12. The van der Waals surface area contributed by atoms with Crippen LogP contribution in [-0.2, 0) is 9.53 Å². The molecule has 3 N–H and O–H groups in total. The predicted octanol–water partition coefficient (Wildman–Crippen LogP) is 2.70. The van der Waals surface area contributed by atoms with Gasteiger partial charge in [0.1, 0.15) is 11.8 Å². The number of rotatable bonds is 6. The molecule has 0 saturated heterocycles. The molecule has 5 heteroatoms. The molecule has 122 valence electrons. The summed E-state index contributed by atoms with van der Waals surface area (Å²) in [5.74, 6) is 0.475. The summed E-state index contributed by atoms with van der Waals surface area (Å²) in [6.45, 7) is 2.15. The minimum atomic E-state index is -0.658. The number of carbonyl (C=O) groups excluding carboxylic acids is 1. The van der Waals surface area contributed by atoms with Crippen molar-refractivity contribution in [2.45, 2.75) is 50.6 Å². The number of carbonyl (C=O) groups is 1. The van der Waals surface area contributed by atoms with Crippen molar-refractivity contribution in [2.24, 2.45) is 5.73 Å². The standard InChI is InChI=1S/C17H26N2O3/c1-3-22-16(20)15(18)17(11-5-4-6-12-17)19-13-7-9-14(21-2)10-8-13/h7-10,15,19H,3-6,11-12,18H2,1-2H3/t15-/m0/s1. The number of esters is 1. The van der Waals surface area contributed by atoms with E-state index in [-0.39, 0.29) is 5.97 Å². The lowest BCUT2D eigenvalue weighted by Gasteiger charge is -2.42. The van der Waals surface area contributed by atoms with E-state index >= 15 is 0 Å². The lowest BCUT2D eigenvalue weighted by atomic mass is 9.76. The average Bonchev–Trinajstić information content (AvgIpc) is 2.56. The molecule has 5 nitrogen and oxygen atoms in total. The highest BCUT2D eigenvalue weighted by Gasteiger charge is 2.42. The molecule has 0 spiro atoms. The number of nitrogens with two attached hydrogens (primary N) is 1. The van der Waals surface area contributed by atoms with E-state index in [4.69, 9.17) is 15.2 Å². The Bertz CT molecular complexity index is 481. The van der Waals surface area contributed by atoms with Gasteiger partial charge in [-0.3, -0.25) is 4.79 Å². The molecule has 0 amide bonds. The van der Waals surface area contributed by atoms with Crippen molar-refractivity contribution in [1.29, 1.82) is 0 Å². The van der Waals surface area contributed by atoms with E-state index in [1.807, 2.05) is 24.3 Å². The van der Waals surface area contributed by atoms with Gasteiger partial charge in [-0.15, -0.1) is 0 Å². The molecule has 0 bridgehead atoms. The van der Waals surface area contributed by atoms with Gasteiger partial charge < -0.3 is 20.5 Å². The number of ether oxygens (including phenoxy) is 2. The fourth-order valence-corrected chi connectivity index (χ4v) is 3.12. The van der Waals surface area contributed by atoms with Crippen LogP contribution < -0.4 is 15.8 Å². The first-order valence-corrected chi connectivity index (χ1v) is 7.96. The lowest BCUT2D eigenvalue weighted by Crippen LogP contribution is -2.59. The van der Waals surface area contributed by atoms with E-state index in [2.05, 4.69) is 5.32 Å². The van der Waals surface area contributed by atoms with E-state index in [0.29, 0.717) is 6.61 Å². The third-order valence-electron chi connectivity index (χ3n) is 4.36. The third kappa shape index (κ3) is 3.71. The van der Waals surface area contributed by atoms with Crippen LogP contribution in [0.25, 0.3) is 0 Å². The molecule has 1 aliphatic carbocycles. The van der Waals surface area contributed by atoms with Crippen molar-refractivity contribution in [3.05, 3.63) is 24.3 Å². The van der Waals surface area contributed by atoms with E-state index in [9.17, 15) is 4.79 Å². The summed E-state index contributed by atoms with van der Waals surface area (Å²) in [5, 5.41) is 3.50. The van der Waals surface area contributed by atoms with Crippen LogP contribution in [0.15, 0.2) is 24.3 Å². The molecule has 22 heavy (non-hydrogen) atoms. The first-order chi connectivity index (χ1) is 10.6. The monoisotopic (exact) mass is 306 g/mol. The maximum Gasteiger partial charge on any atom is 0.325 e. The normalized spacial score (nSPS) is 18.3. The maximum absolute atomic E-state index is 12.1. The van der Waals surface area contributed by atoms with E-state index in [0.717, 1.165) is 37.1 Å². The third-order valence-corrected chi connectivity index (χ3v) is 4.36. The minimum absolute atomic E-state index is 0.328. The van der Waals surface area contributed by atoms with Crippen LogP contribution in [0.4, 0.5) is 5.69 Å². The molecular weight excluding hydrogens is 280 g/mol. The van der Waals surface area contributed by atoms with Crippen molar-refractivity contribution in [3.63, 3.8) is 0 Å². The van der Waals surface area contributed by atoms with Gasteiger partial charge in [0.25, 0.3) is 0 Å². The van der Waals surface area contributed by atoms with Gasteiger partial charge in [-0.2, -0.15) is 0 Å². The van der Waals surface area contributed by atoms with Crippen molar-refractivity contribution >= 4 is 11.7 Å². The summed E-state index contributed by atoms with van der Waals surface area (Å²) in [5.41, 5.74) is 6.77. The topological polar surface area (TPSA) is 73.6 Å². The number of hydrogen-bond acceptors (Lipinski definition) is 5. The first kappa shape index (κ1) is 16.6. The quantitative estimate of drug-likeness (QED) is 0.791. The molecule has 0 aromatic heterocycles. The zero-order valence-electron chi connectivity index (χ0n) is 13.4. The van der Waals surface area contributed by atoms with Crippen LogP contribution in [-0.4, -0.2) is 31.3 Å². The van der Waals surface area contributed by atoms with Crippen molar-refractivity contribution in [1.82, 2.24) is 0 Å². The Balaban J connectivity index is 2.18. The molecule has 1 fully saturated rings. The molecule has 1 atom stereocenters. The van der Waals surface area contributed by atoms with E-state index in [1.165, 1.54) is 6.42 Å². The Labute approximate surface area is 132 Å². The molecule has 2 rings (SSSR count). The second-order valence-corrected chi connectivity index (χ2v) is 5.80. The molecule has 0 unspecified atom stereocenters. The van der Waals surface area contributed by atoms with Crippen LogP contribution in [0, 0.1) is 0 Å². The zero-order valence-corrected chi connectivity index (χ0v) is 13.4. The summed E-state index contributed by atoms with van der Waals surface area (Å²) >= 11 is 0. The van der Waals surface area contributed by atoms with Gasteiger partial charge in [-0.1, -0.05) is 19.3 Å². The summed E-state index contributed by atoms with van der Waals surface area (Å²) in [6, 6.07) is 7.04. The van der Waals surface area contributed by atoms with E-state index < -0.39 is 11.6 Å². The van der Waals surface area contributed by atoms with Gasteiger partial charge in [-0.05, 0) is 44.0 Å². The lowest BCUT2D eigenvalue weighted by molar-refractivity contribution is -0.146. The molecule has 1 saturated carbocycles. The molecular formula is C17H26N2O3. The smallest absolute Gasteiger partial charge is 0.325 e. The van der Waals surface area contributed by atoms with E-state index in [1.54, 1.807) is 14.0 Å². The van der Waals surface area contributed by atoms with Crippen molar-refractivity contribution in [3.8, 4) is 5.75 Å². The van der Waals surface area contributed by atoms with Crippen LogP contribution in [0.5, 0.6) is 5.75 Å². The number of benzene rings is 1. The molecule has 1 aromatic carbocycles. The SMILES string of the molecule is CCOC(=O)[C@H](N)C1(Nc2ccc(OC)cc2)CCCCC1. The minimum Gasteiger partial charge on any atom is -0.497 e. The Morgan fingerprint density at radius 1 is 1.27 bits per heavy atom. The van der Waals surface area contributed by atoms with Crippen LogP contribution in [0.1, 0.15) is 39.0 Å². The van der Waals surface area contributed by atoms with Crippen molar-refractivity contribution in [2.75, 3.05) is 19.0 Å². The van der Waals surface area contributed by atoms with Gasteiger partial charge in [0.2, 0.25) is 0 Å². The second kappa shape index (κ2) is 7.49. The Morgan fingerprint density at radius 3 is 2.45 bits per heavy atom. The first-order valence-electron chi connectivity index (χ1n) is 7.96. The van der Waals surface area contributed by atoms with Crippen LogP contribution >= 0.6 is 0 Å². The van der Waals surface area contributed by atoms with Gasteiger partial charge in [-0.25, -0.2) is 0 Å². The zero-order chi connectivity index (χ0) is 16.0. The van der Waals surface area contributed by atoms with Crippen LogP contribution in [0.3, 0.4) is 0 Å². The molecule has 0 radical (unpaired) electrons. The predicted molar refractivity (Wildman–Crippen MR) is 87.0 cm³/mol. The maximum atomic E-state index is 12.1. The molecule has 0 heterocycles. The highest BCUT2D eigenvalue weighted by molar-refractivity contribution is 5.78. The summed E-state index contributed by atoms with van der Waals surface area (Å²) in [7, 11) is 1.64. The summed E-state index contributed by atoms with van der Waals surface area (Å²) in [4.78, 5) is 12.1. The van der Waals surface area contributed by atoms with Gasteiger partial charge >= 0.3 is 5.97 Å². The number of nitrogens with one attached hydrogen (secondary N) is 1. The van der Waals surface area contributed by atoms with Gasteiger partial charge in [0.15, 0.2) is 0 Å². The number of anilines is 1. The largest absolute Gasteiger partial charge is 0.497 e. The van der Waals surface area contributed by atoms with Gasteiger partial charge in [0, 0.05) is 5.69 Å². The number of hydrogen-bond donors (Lipinski definition) is 2. The second-order valence-electron chi connectivity index (χ2n) is 5.80. The van der Waals surface area contributed by atoms with Crippen molar-refractivity contribution < 1.29 is 14.3 Å². The number of methoxy groups -OCH3 is 1. The highest BCUT2D eigenvalue weighted by atomic mass is 16.5. The highest BCUT2D eigenvalue weighted by Crippen LogP contribution is 2.34.